The summed E-state index contributed by atoms with van der Waals surface area (Å²) < 4.78 is 66.0. The van der Waals surface area contributed by atoms with Crippen LogP contribution in [0, 0.1) is 0 Å². The highest BCUT2D eigenvalue weighted by molar-refractivity contribution is 5.74. The number of rotatable bonds is 25. The van der Waals surface area contributed by atoms with Crippen molar-refractivity contribution in [3.05, 3.63) is 36.4 Å². The minimum atomic E-state index is -4.77. The van der Waals surface area contributed by atoms with Crippen molar-refractivity contribution in [2.45, 2.75) is 123 Å². The molecular weight excluding hydrogens is 585 g/mol. The number of esters is 1. The van der Waals surface area contributed by atoms with Gasteiger partial charge in [0.2, 0.25) is 5.75 Å². The lowest BCUT2D eigenvalue weighted by molar-refractivity contribution is -0.274. The van der Waals surface area contributed by atoms with Gasteiger partial charge in [0.25, 0.3) is 0 Å². The number of hydrogen-bond donors (Lipinski definition) is 0. The van der Waals surface area contributed by atoms with Gasteiger partial charge in [0, 0.05) is 0 Å². The average molecular weight is 639 g/mol. The number of benzene rings is 2. The molecule has 6 nitrogen and oxygen atoms in total. The second-order valence-electron chi connectivity index (χ2n) is 11.3. The van der Waals surface area contributed by atoms with E-state index in [1.165, 1.54) is 18.6 Å². The van der Waals surface area contributed by atoms with Gasteiger partial charge in [-0.1, -0.05) is 110 Å². The number of carbonyl (C=O) groups is 1. The number of unbranched alkanes of at least 4 members (excludes halogenated alkanes) is 12. The van der Waals surface area contributed by atoms with E-state index in [9.17, 15) is 18.0 Å². The SMILES string of the molecule is CCCCCCCOC(=O)COc1c(OCCCCCCC)cc(-c2ccc(OC(F)(F)F)cc2)cc1OCCCCCCC. The highest BCUT2D eigenvalue weighted by atomic mass is 19.4. The predicted octanol–water partition coefficient (Wildman–Crippen LogP) is 10.8. The summed E-state index contributed by atoms with van der Waals surface area (Å²) in [7, 11) is 0. The zero-order valence-corrected chi connectivity index (χ0v) is 27.5. The Hall–Kier alpha value is -3.10. The van der Waals surface area contributed by atoms with Gasteiger partial charge in [0.05, 0.1) is 19.8 Å². The van der Waals surface area contributed by atoms with Gasteiger partial charge in [0.1, 0.15) is 5.75 Å². The molecule has 2 aromatic rings. The number of ether oxygens (including phenoxy) is 5. The second kappa shape index (κ2) is 22.4. The molecule has 0 spiro atoms. The first-order valence-electron chi connectivity index (χ1n) is 16.9. The molecule has 2 aromatic carbocycles. The van der Waals surface area contributed by atoms with Crippen LogP contribution in [0.15, 0.2) is 36.4 Å². The molecule has 0 N–H and O–H groups in total. The Kier molecular flexibility index (Phi) is 19.0. The van der Waals surface area contributed by atoms with Crippen LogP contribution in [0.25, 0.3) is 11.1 Å². The second-order valence-corrected chi connectivity index (χ2v) is 11.3. The van der Waals surface area contributed by atoms with Crippen molar-refractivity contribution in [3.8, 4) is 34.1 Å². The van der Waals surface area contributed by atoms with Gasteiger partial charge in [-0.05, 0) is 54.7 Å². The van der Waals surface area contributed by atoms with E-state index in [4.69, 9.17) is 18.9 Å². The fraction of sp³-hybridized carbons (Fsp3) is 0.639. The Labute approximate surface area is 267 Å². The molecule has 0 heterocycles. The molecule has 0 radical (unpaired) electrons. The fourth-order valence-electron chi connectivity index (χ4n) is 4.79. The maximum absolute atomic E-state index is 12.7. The highest BCUT2D eigenvalue weighted by Crippen LogP contribution is 2.42. The van der Waals surface area contributed by atoms with Crippen molar-refractivity contribution in [1.82, 2.24) is 0 Å². The molecule has 0 bridgehead atoms. The third-order valence-corrected chi connectivity index (χ3v) is 7.30. The Morgan fingerprint density at radius 1 is 0.600 bits per heavy atom. The van der Waals surface area contributed by atoms with Crippen LogP contribution in [0.5, 0.6) is 23.0 Å². The first kappa shape index (κ1) is 38.1. The molecule has 0 amide bonds. The molecule has 2 rings (SSSR count). The predicted molar refractivity (Wildman–Crippen MR) is 172 cm³/mol. The van der Waals surface area contributed by atoms with Crippen molar-refractivity contribution < 1.29 is 41.7 Å². The van der Waals surface area contributed by atoms with Crippen molar-refractivity contribution in [1.29, 1.82) is 0 Å². The third-order valence-electron chi connectivity index (χ3n) is 7.30. The largest absolute Gasteiger partial charge is 0.573 e. The van der Waals surface area contributed by atoms with Crippen LogP contribution >= 0.6 is 0 Å². The van der Waals surface area contributed by atoms with Crippen molar-refractivity contribution in [2.75, 3.05) is 26.4 Å². The molecule has 0 aromatic heterocycles. The van der Waals surface area contributed by atoms with Crippen LogP contribution in [0.1, 0.15) is 117 Å². The van der Waals surface area contributed by atoms with Crippen molar-refractivity contribution in [3.63, 3.8) is 0 Å². The van der Waals surface area contributed by atoms with Gasteiger partial charge >= 0.3 is 12.3 Å². The summed E-state index contributed by atoms with van der Waals surface area (Å²) in [5.41, 5.74) is 1.33. The molecule has 0 saturated carbocycles. The molecule has 0 atom stereocenters. The van der Waals surface area contributed by atoms with Gasteiger partial charge in [-0.2, -0.15) is 0 Å². The van der Waals surface area contributed by atoms with Crippen molar-refractivity contribution >= 4 is 5.97 Å². The Balaban J connectivity index is 2.27. The van der Waals surface area contributed by atoms with Gasteiger partial charge in [-0.3, -0.25) is 0 Å². The Morgan fingerprint density at radius 2 is 1.07 bits per heavy atom. The monoisotopic (exact) mass is 638 g/mol. The molecule has 0 aliphatic rings. The van der Waals surface area contributed by atoms with Crippen LogP contribution < -0.4 is 18.9 Å². The summed E-state index contributed by atoms with van der Waals surface area (Å²) in [5, 5.41) is 0. The zero-order chi connectivity index (χ0) is 32.8. The number of carbonyl (C=O) groups excluding carboxylic acids is 1. The molecule has 45 heavy (non-hydrogen) atoms. The molecule has 9 heteroatoms. The lowest BCUT2D eigenvalue weighted by Gasteiger charge is -2.19. The quantitative estimate of drug-likeness (QED) is 0.0796. The Morgan fingerprint density at radius 3 is 1.53 bits per heavy atom. The Bertz CT molecular complexity index is 1030. The molecular formula is C36H53F3O6. The lowest BCUT2D eigenvalue weighted by Crippen LogP contribution is -2.17. The van der Waals surface area contributed by atoms with E-state index in [-0.39, 0.29) is 12.4 Å². The average Bonchev–Trinajstić information content (AvgIpc) is 3.01. The van der Waals surface area contributed by atoms with E-state index in [0.29, 0.717) is 48.2 Å². The minimum absolute atomic E-state index is 0.294. The van der Waals surface area contributed by atoms with E-state index in [1.807, 2.05) is 0 Å². The van der Waals surface area contributed by atoms with Crippen LogP contribution in [0.2, 0.25) is 0 Å². The third kappa shape index (κ3) is 16.7. The first-order valence-corrected chi connectivity index (χ1v) is 16.9. The maximum atomic E-state index is 12.7. The summed E-state index contributed by atoms with van der Waals surface area (Å²) in [6.45, 7) is 7.42. The molecule has 0 unspecified atom stereocenters. The molecule has 0 aliphatic heterocycles. The number of hydrogen-bond acceptors (Lipinski definition) is 6. The van der Waals surface area contributed by atoms with Gasteiger partial charge in [0.15, 0.2) is 18.1 Å². The van der Waals surface area contributed by atoms with Crippen molar-refractivity contribution in [2.24, 2.45) is 0 Å². The normalized spacial score (nSPS) is 11.3. The van der Waals surface area contributed by atoms with E-state index >= 15 is 0 Å². The van der Waals surface area contributed by atoms with Crippen LogP contribution in [-0.4, -0.2) is 38.8 Å². The summed E-state index contributed by atoms with van der Waals surface area (Å²) in [6.07, 6.45) is 11.1. The minimum Gasteiger partial charge on any atom is -0.490 e. The summed E-state index contributed by atoms with van der Waals surface area (Å²) >= 11 is 0. The molecule has 254 valence electrons. The summed E-state index contributed by atoms with van der Waals surface area (Å²) in [5.74, 6) is 0.366. The van der Waals surface area contributed by atoms with Gasteiger partial charge in [-0.15, -0.1) is 13.2 Å². The van der Waals surface area contributed by atoms with Gasteiger partial charge < -0.3 is 23.7 Å². The van der Waals surface area contributed by atoms with E-state index in [1.54, 1.807) is 24.3 Å². The number of alkyl halides is 3. The summed E-state index contributed by atoms with van der Waals surface area (Å²) in [6, 6.07) is 9.19. The topological polar surface area (TPSA) is 63.2 Å². The summed E-state index contributed by atoms with van der Waals surface area (Å²) in [4.78, 5) is 12.5. The molecule has 0 aliphatic carbocycles. The zero-order valence-electron chi connectivity index (χ0n) is 27.5. The standard InChI is InChI=1S/C36H53F3O6/c1-4-7-10-13-16-23-41-32-26-30(29-19-21-31(22-20-29)45-36(37,38)39)27-33(42-24-17-14-11-8-5-2)35(32)44-28-34(40)43-25-18-15-12-9-6-3/h19-22,26-27H,4-18,23-25,28H2,1-3H3. The van der Waals surface area contributed by atoms with E-state index < -0.39 is 12.3 Å². The smallest absolute Gasteiger partial charge is 0.490 e. The highest BCUT2D eigenvalue weighted by Gasteiger charge is 2.31. The van der Waals surface area contributed by atoms with Crippen LogP contribution in [-0.2, 0) is 9.53 Å². The number of halogens is 3. The van der Waals surface area contributed by atoms with Crippen LogP contribution in [0.3, 0.4) is 0 Å². The fourth-order valence-corrected chi connectivity index (χ4v) is 4.79. The first-order chi connectivity index (χ1) is 21.8. The maximum Gasteiger partial charge on any atom is 0.573 e. The molecule has 0 saturated heterocycles. The van der Waals surface area contributed by atoms with Gasteiger partial charge in [-0.25, -0.2) is 4.79 Å². The van der Waals surface area contributed by atoms with E-state index in [2.05, 4.69) is 25.5 Å². The molecule has 0 fully saturated rings. The lowest BCUT2D eigenvalue weighted by atomic mass is 10.0. The van der Waals surface area contributed by atoms with E-state index in [0.717, 1.165) is 89.9 Å². The van der Waals surface area contributed by atoms with Crippen LogP contribution in [0.4, 0.5) is 13.2 Å².